The molecule has 0 heterocycles. The average Bonchev–Trinajstić information content (AvgIpc) is 2.27. The molecule has 0 radical (unpaired) electrons. The van der Waals surface area contributed by atoms with Crippen LogP contribution in [0.5, 0.6) is 0 Å². The third kappa shape index (κ3) is 4.10. The standard InChI is InChI=1S/C16H23ClN2O2/c1-15(2)8-11(9-16(3,4)10-15)18-14-7-12(19(20)21)5-6-13(14)17/h5-7,11,18H,8-10H2,1-4H3. The zero-order valence-electron chi connectivity index (χ0n) is 13.1. The molecule has 5 heteroatoms. The molecular formula is C16H23ClN2O2. The number of hydrogen-bond donors (Lipinski definition) is 1. The van der Waals surface area contributed by atoms with Gasteiger partial charge in [0.2, 0.25) is 0 Å². The third-order valence-corrected chi connectivity index (χ3v) is 4.41. The highest BCUT2D eigenvalue weighted by Gasteiger charge is 2.38. The second kappa shape index (κ2) is 5.48. The Kier molecular flexibility index (Phi) is 4.20. The van der Waals surface area contributed by atoms with Gasteiger partial charge in [0, 0.05) is 18.2 Å². The SMILES string of the molecule is CC1(C)CC(Nc2cc([N+](=O)[O-])ccc2Cl)CC(C)(C)C1. The lowest BCUT2D eigenvalue weighted by Crippen LogP contribution is -2.40. The Bertz CT molecular complexity index is 539. The summed E-state index contributed by atoms with van der Waals surface area (Å²) in [6.07, 6.45) is 3.26. The Labute approximate surface area is 131 Å². The minimum Gasteiger partial charge on any atom is -0.381 e. The van der Waals surface area contributed by atoms with E-state index in [4.69, 9.17) is 11.6 Å². The molecule has 1 aliphatic carbocycles. The maximum absolute atomic E-state index is 10.9. The highest BCUT2D eigenvalue weighted by atomic mass is 35.5. The van der Waals surface area contributed by atoms with E-state index < -0.39 is 4.92 Å². The lowest BCUT2D eigenvalue weighted by atomic mass is 9.63. The van der Waals surface area contributed by atoms with Crippen LogP contribution in [0.25, 0.3) is 0 Å². The summed E-state index contributed by atoms with van der Waals surface area (Å²) < 4.78 is 0. The summed E-state index contributed by atoms with van der Waals surface area (Å²) in [5.74, 6) is 0. The number of rotatable bonds is 3. The van der Waals surface area contributed by atoms with Crippen LogP contribution in [0, 0.1) is 20.9 Å². The largest absolute Gasteiger partial charge is 0.381 e. The van der Waals surface area contributed by atoms with Crippen LogP contribution >= 0.6 is 11.6 Å². The molecule has 1 saturated carbocycles. The van der Waals surface area contributed by atoms with E-state index in [1.165, 1.54) is 18.6 Å². The van der Waals surface area contributed by atoms with Crippen molar-refractivity contribution in [2.75, 3.05) is 5.32 Å². The molecule has 1 aliphatic rings. The van der Waals surface area contributed by atoms with Crippen molar-refractivity contribution in [2.24, 2.45) is 10.8 Å². The summed E-state index contributed by atoms with van der Waals surface area (Å²) in [6, 6.07) is 4.82. The van der Waals surface area contributed by atoms with Crippen molar-refractivity contribution in [3.8, 4) is 0 Å². The fourth-order valence-electron chi connectivity index (χ4n) is 3.91. The molecular weight excluding hydrogens is 288 g/mol. The molecule has 0 amide bonds. The number of halogens is 1. The molecule has 0 spiro atoms. The summed E-state index contributed by atoms with van der Waals surface area (Å²) >= 11 is 6.18. The Balaban J connectivity index is 2.21. The number of hydrogen-bond acceptors (Lipinski definition) is 3. The molecule has 0 saturated heterocycles. The van der Waals surface area contributed by atoms with E-state index >= 15 is 0 Å². The molecule has 1 aromatic rings. The first kappa shape index (κ1) is 16.1. The number of nitro groups is 1. The number of non-ortho nitro benzene ring substituents is 1. The quantitative estimate of drug-likeness (QED) is 0.611. The summed E-state index contributed by atoms with van der Waals surface area (Å²) in [6.45, 7) is 9.10. The number of nitro benzene ring substituents is 1. The van der Waals surface area contributed by atoms with Gasteiger partial charge in [-0.3, -0.25) is 10.1 Å². The van der Waals surface area contributed by atoms with Crippen molar-refractivity contribution in [3.05, 3.63) is 33.3 Å². The number of nitrogens with zero attached hydrogens (tertiary/aromatic N) is 1. The van der Waals surface area contributed by atoms with E-state index in [2.05, 4.69) is 33.0 Å². The minimum atomic E-state index is -0.393. The molecule has 0 unspecified atom stereocenters. The highest BCUT2D eigenvalue weighted by molar-refractivity contribution is 6.33. The third-order valence-electron chi connectivity index (χ3n) is 4.08. The Morgan fingerprint density at radius 1 is 1.24 bits per heavy atom. The highest BCUT2D eigenvalue weighted by Crippen LogP contribution is 2.46. The molecule has 0 bridgehead atoms. The first-order valence-corrected chi connectivity index (χ1v) is 7.66. The maximum Gasteiger partial charge on any atom is 0.271 e. The van der Waals surface area contributed by atoms with E-state index in [0.717, 1.165) is 12.8 Å². The lowest BCUT2D eigenvalue weighted by molar-refractivity contribution is -0.384. The Morgan fingerprint density at radius 2 is 1.81 bits per heavy atom. The fraction of sp³-hybridized carbons (Fsp3) is 0.625. The van der Waals surface area contributed by atoms with Crippen molar-refractivity contribution in [3.63, 3.8) is 0 Å². The Morgan fingerprint density at radius 3 is 2.33 bits per heavy atom. The summed E-state index contributed by atoms with van der Waals surface area (Å²) in [5, 5.41) is 14.8. The minimum absolute atomic E-state index is 0.0660. The molecule has 0 aromatic heterocycles. The second-order valence-electron chi connectivity index (χ2n) is 7.68. The van der Waals surface area contributed by atoms with Gasteiger partial charge in [-0.25, -0.2) is 0 Å². The van der Waals surface area contributed by atoms with Crippen molar-refractivity contribution in [2.45, 2.75) is 53.0 Å². The van der Waals surface area contributed by atoms with Gasteiger partial charge in [0.15, 0.2) is 0 Å². The van der Waals surface area contributed by atoms with E-state index in [1.807, 2.05) is 0 Å². The summed E-state index contributed by atoms with van der Waals surface area (Å²) in [5.41, 5.74) is 1.24. The molecule has 1 N–H and O–H groups in total. The monoisotopic (exact) mass is 310 g/mol. The van der Waals surface area contributed by atoms with Gasteiger partial charge in [-0.2, -0.15) is 0 Å². The topological polar surface area (TPSA) is 55.2 Å². The first-order chi connectivity index (χ1) is 9.58. The predicted molar refractivity (Wildman–Crippen MR) is 86.9 cm³/mol. The van der Waals surface area contributed by atoms with Crippen molar-refractivity contribution < 1.29 is 4.92 Å². The van der Waals surface area contributed by atoms with E-state index in [0.29, 0.717) is 10.7 Å². The normalized spacial score (nSPS) is 21.0. The van der Waals surface area contributed by atoms with Crippen LogP contribution in [-0.4, -0.2) is 11.0 Å². The van der Waals surface area contributed by atoms with E-state index in [-0.39, 0.29) is 22.6 Å². The van der Waals surface area contributed by atoms with Crippen LogP contribution in [0.2, 0.25) is 5.02 Å². The summed E-state index contributed by atoms with van der Waals surface area (Å²) in [4.78, 5) is 10.5. The van der Waals surface area contributed by atoms with Gasteiger partial charge in [0.1, 0.15) is 0 Å². The first-order valence-electron chi connectivity index (χ1n) is 7.29. The second-order valence-corrected chi connectivity index (χ2v) is 8.08. The molecule has 21 heavy (non-hydrogen) atoms. The smallest absolute Gasteiger partial charge is 0.271 e. The van der Waals surface area contributed by atoms with Crippen LogP contribution in [0.15, 0.2) is 18.2 Å². The number of nitrogens with one attached hydrogen (secondary N) is 1. The van der Waals surface area contributed by atoms with E-state index in [9.17, 15) is 10.1 Å². The molecule has 0 aliphatic heterocycles. The van der Waals surface area contributed by atoms with Gasteiger partial charge in [-0.05, 0) is 36.2 Å². The average molecular weight is 311 g/mol. The van der Waals surface area contributed by atoms with Gasteiger partial charge in [0.05, 0.1) is 15.6 Å². The van der Waals surface area contributed by atoms with Crippen molar-refractivity contribution in [1.82, 2.24) is 0 Å². The zero-order chi connectivity index (χ0) is 15.8. The molecule has 4 nitrogen and oxygen atoms in total. The maximum atomic E-state index is 10.9. The molecule has 1 aromatic carbocycles. The fourth-order valence-corrected chi connectivity index (χ4v) is 4.08. The van der Waals surface area contributed by atoms with Crippen molar-refractivity contribution in [1.29, 1.82) is 0 Å². The van der Waals surface area contributed by atoms with Crippen LogP contribution in [0.1, 0.15) is 47.0 Å². The number of anilines is 1. The van der Waals surface area contributed by atoms with Gasteiger partial charge < -0.3 is 5.32 Å². The number of benzene rings is 1. The van der Waals surface area contributed by atoms with Crippen molar-refractivity contribution >= 4 is 23.0 Å². The predicted octanol–water partition coefficient (Wildman–Crippen LogP) is 5.27. The van der Waals surface area contributed by atoms with Gasteiger partial charge in [-0.15, -0.1) is 0 Å². The zero-order valence-corrected chi connectivity index (χ0v) is 13.8. The summed E-state index contributed by atoms with van der Waals surface area (Å²) in [7, 11) is 0. The molecule has 0 atom stereocenters. The lowest BCUT2D eigenvalue weighted by Gasteiger charge is -2.45. The van der Waals surface area contributed by atoms with Crippen LogP contribution in [0.4, 0.5) is 11.4 Å². The molecule has 116 valence electrons. The molecule has 1 fully saturated rings. The van der Waals surface area contributed by atoms with Gasteiger partial charge >= 0.3 is 0 Å². The molecule has 2 rings (SSSR count). The van der Waals surface area contributed by atoms with Gasteiger partial charge in [0.25, 0.3) is 5.69 Å². The van der Waals surface area contributed by atoms with Crippen LogP contribution in [0.3, 0.4) is 0 Å². The van der Waals surface area contributed by atoms with E-state index in [1.54, 1.807) is 6.07 Å². The van der Waals surface area contributed by atoms with Gasteiger partial charge in [-0.1, -0.05) is 39.3 Å². The van der Waals surface area contributed by atoms with Crippen LogP contribution in [-0.2, 0) is 0 Å². The Hall–Kier alpha value is -1.29. The van der Waals surface area contributed by atoms with Crippen LogP contribution < -0.4 is 5.32 Å².